The van der Waals surface area contributed by atoms with E-state index in [1.165, 1.54) is 0 Å². The second-order valence-corrected chi connectivity index (χ2v) is 6.20. The van der Waals surface area contributed by atoms with Crippen molar-refractivity contribution in [3.8, 4) is 0 Å². The highest BCUT2D eigenvalue weighted by Crippen LogP contribution is 2.29. The van der Waals surface area contributed by atoms with Gasteiger partial charge < -0.3 is 15.4 Å². The molecule has 2 fully saturated rings. The molecule has 0 radical (unpaired) electrons. The van der Waals surface area contributed by atoms with Crippen molar-refractivity contribution in [3.63, 3.8) is 0 Å². The Kier molecular flexibility index (Phi) is 5.20. The molecule has 106 valence electrons. The Morgan fingerprint density at radius 2 is 2.11 bits per heavy atom. The Labute approximate surface area is 128 Å². The van der Waals surface area contributed by atoms with E-state index < -0.39 is 0 Å². The molecule has 3 rings (SSSR count). The minimum absolute atomic E-state index is 0. The maximum Gasteiger partial charge on any atom is 0.0599 e. The second kappa shape index (κ2) is 6.50. The number of hydrogen-bond acceptors (Lipinski definition) is 4. The number of likely N-dealkylation sites (tertiary alicyclic amines) is 1. The molecule has 3 atom stereocenters. The highest BCUT2D eigenvalue weighted by molar-refractivity contribution is 9.10. The average Bonchev–Trinajstić information content (AvgIpc) is 2.89. The van der Waals surface area contributed by atoms with Gasteiger partial charge in [0.1, 0.15) is 0 Å². The van der Waals surface area contributed by atoms with Crippen molar-refractivity contribution in [2.24, 2.45) is 17.6 Å². The molecule has 2 aliphatic heterocycles. The zero-order chi connectivity index (χ0) is 12.5. The third-order valence-corrected chi connectivity index (χ3v) is 4.39. The molecule has 6 heteroatoms. The van der Waals surface area contributed by atoms with Crippen LogP contribution in [0.4, 0.5) is 0 Å². The zero-order valence-electron chi connectivity index (χ0n) is 10.7. The van der Waals surface area contributed by atoms with Crippen LogP contribution >= 0.6 is 28.3 Å². The Hall–Kier alpha value is -0.200. The molecule has 2 N–H and O–H groups in total. The highest BCUT2D eigenvalue weighted by atomic mass is 79.9. The monoisotopic (exact) mass is 347 g/mol. The maximum absolute atomic E-state index is 6.24. The van der Waals surface area contributed by atoms with E-state index in [0.717, 1.165) is 43.0 Å². The lowest BCUT2D eigenvalue weighted by Crippen LogP contribution is -2.32. The van der Waals surface area contributed by atoms with E-state index >= 15 is 0 Å². The van der Waals surface area contributed by atoms with Gasteiger partial charge in [0, 0.05) is 42.1 Å². The van der Waals surface area contributed by atoms with E-state index in [0.29, 0.717) is 11.8 Å². The molecule has 1 unspecified atom stereocenters. The molecule has 3 heterocycles. The zero-order valence-corrected chi connectivity index (χ0v) is 13.1. The van der Waals surface area contributed by atoms with Gasteiger partial charge in [0.05, 0.1) is 24.9 Å². The Morgan fingerprint density at radius 1 is 1.42 bits per heavy atom. The number of nitrogens with zero attached hydrogens (tertiary/aromatic N) is 2. The molecule has 2 aliphatic rings. The number of pyridine rings is 1. The number of fused-ring (bicyclic) bond motifs is 1. The second-order valence-electron chi connectivity index (χ2n) is 5.28. The predicted octanol–water partition coefficient (Wildman–Crippen LogP) is 1.84. The molecule has 0 saturated carbocycles. The van der Waals surface area contributed by atoms with Crippen LogP contribution in [0.25, 0.3) is 0 Å². The maximum atomic E-state index is 6.24. The molecule has 0 amide bonds. The van der Waals surface area contributed by atoms with E-state index in [9.17, 15) is 0 Å². The summed E-state index contributed by atoms with van der Waals surface area (Å²) in [4.78, 5) is 6.80. The van der Waals surface area contributed by atoms with Gasteiger partial charge in [-0.3, -0.25) is 4.98 Å². The van der Waals surface area contributed by atoms with Gasteiger partial charge >= 0.3 is 0 Å². The molecule has 0 aromatic carbocycles. The number of rotatable bonds is 3. The number of aromatic nitrogens is 1. The summed E-state index contributed by atoms with van der Waals surface area (Å²) in [5.74, 6) is 1.43. The van der Waals surface area contributed by atoms with Crippen LogP contribution < -0.4 is 5.73 Å². The van der Waals surface area contributed by atoms with Gasteiger partial charge in [-0.25, -0.2) is 0 Å². The predicted molar refractivity (Wildman–Crippen MR) is 80.4 cm³/mol. The topological polar surface area (TPSA) is 51.4 Å². The van der Waals surface area contributed by atoms with Gasteiger partial charge in [-0.2, -0.15) is 0 Å². The summed E-state index contributed by atoms with van der Waals surface area (Å²) in [6.07, 6.45) is 1.80. The summed E-state index contributed by atoms with van der Waals surface area (Å²) in [6.45, 7) is 4.96. The van der Waals surface area contributed by atoms with Crippen molar-refractivity contribution in [3.05, 3.63) is 28.5 Å². The van der Waals surface area contributed by atoms with Gasteiger partial charge in [0.2, 0.25) is 0 Å². The molecular weight excluding hydrogens is 330 g/mol. The standard InChI is InChI=1S/C13H18BrN3O.ClH/c14-11-1-2-16-13(3-11)12(15)6-17-4-9-7-18-8-10(9)5-17;/h1-3,9-10,12H,4-8,15H2;1H/t9-,10+,12?;. The van der Waals surface area contributed by atoms with Crippen LogP contribution in [0.1, 0.15) is 11.7 Å². The first kappa shape index (κ1) is 15.2. The molecule has 4 nitrogen and oxygen atoms in total. The third kappa shape index (κ3) is 3.47. The highest BCUT2D eigenvalue weighted by Gasteiger charge is 2.37. The van der Waals surface area contributed by atoms with E-state index in [-0.39, 0.29) is 18.4 Å². The fraction of sp³-hybridized carbons (Fsp3) is 0.615. The Balaban J connectivity index is 0.00000133. The van der Waals surface area contributed by atoms with Crippen LogP contribution in [0.2, 0.25) is 0 Å². The molecular formula is C13H19BrClN3O. The van der Waals surface area contributed by atoms with Gasteiger partial charge in [0.15, 0.2) is 0 Å². The summed E-state index contributed by atoms with van der Waals surface area (Å²) in [5.41, 5.74) is 7.19. The van der Waals surface area contributed by atoms with Crippen molar-refractivity contribution in [2.75, 3.05) is 32.8 Å². The van der Waals surface area contributed by atoms with E-state index in [1.54, 1.807) is 6.20 Å². The quantitative estimate of drug-likeness (QED) is 0.905. The normalized spacial score (nSPS) is 27.9. The molecule has 1 aromatic rings. The molecule has 0 spiro atoms. The van der Waals surface area contributed by atoms with Crippen molar-refractivity contribution in [1.29, 1.82) is 0 Å². The summed E-state index contributed by atoms with van der Waals surface area (Å²) < 4.78 is 6.53. The number of nitrogens with two attached hydrogens (primary N) is 1. The first-order valence-corrected chi connectivity index (χ1v) is 7.19. The van der Waals surface area contributed by atoms with Crippen molar-refractivity contribution in [2.45, 2.75) is 6.04 Å². The van der Waals surface area contributed by atoms with Crippen LogP contribution in [0.15, 0.2) is 22.8 Å². The third-order valence-electron chi connectivity index (χ3n) is 3.89. The number of ether oxygens (including phenoxy) is 1. The van der Waals surface area contributed by atoms with Gasteiger partial charge in [-0.15, -0.1) is 12.4 Å². The fourth-order valence-corrected chi connectivity index (χ4v) is 3.28. The minimum atomic E-state index is -0.0118. The van der Waals surface area contributed by atoms with Gasteiger partial charge in [0.25, 0.3) is 0 Å². The van der Waals surface area contributed by atoms with Crippen LogP contribution in [0.3, 0.4) is 0 Å². The summed E-state index contributed by atoms with van der Waals surface area (Å²) in [6, 6.07) is 3.92. The first-order valence-electron chi connectivity index (χ1n) is 6.39. The fourth-order valence-electron chi connectivity index (χ4n) is 2.93. The summed E-state index contributed by atoms with van der Waals surface area (Å²) >= 11 is 3.46. The molecule has 19 heavy (non-hydrogen) atoms. The van der Waals surface area contributed by atoms with Gasteiger partial charge in [-0.05, 0) is 12.1 Å². The Bertz CT molecular complexity index is 422. The van der Waals surface area contributed by atoms with Crippen LogP contribution in [-0.4, -0.2) is 42.7 Å². The average molecular weight is 349 g/mol. The minimum Gasteiger partial charge on any atom is -0.381 e. The molecule has 0 bridgehead atoms. The lowest BCUT2D eigenvalue weighted by Gasteiger charge is -2.21. The lowest BCUT2D eigenvalue weighted by molar-refractivity contribution is 0.152. The summed E-state index contributed by atoms with van der Waals surface area (Å²) in [5, 5.41) is 0. The van der Waals surface area contributed by atoms with Crippen LogP contribution in [0.5, 0.6) is 0 Å². The van der Waals surface area contributed by atoms with E-state index in [1.807, 2.05) is 12.1 Å². The SMILES string of the molecule is Cl.NC(CN1C[C@H]2COC[C@H]2C1)c1cc(Br)ccn1. The van der Waals surface area contributed by atoms with Crippen molar-refractivity contribution >= 4 is 28.3 Å². The van der Waals surface area contributed by atoms with E-state index in [4.69, 9.17) is 10.5 Å². The van der Waals surface area contributed by atoms with Crippen LogP contribution in [-0.2, 0) is 4.74 Å². The number of halogens is 2. The van der Waals surface area contributed by atoms with Crippen LogP contribution in [0, 0.1) is 11.8 Å². The summed E-state index contributed by atoms with van der Waals surface area (Å²) in [7, 11) is 0. The van der Waals surface area contributed by atoms with Gasteiger partial charge in [-0.1, -0.05) is 15.9 Å². The lowest BCUT2D eigenvalue weighted by atomic mass is 10.0. The Morgan fingerprint density at radius 3 is 2.74 bits per heavy atom. The molecule has 1 aromatic heterocycles. The molecule has 0 aliphatic carbocycles. The largest absolute Gasteiger partial charge is 0.381 e. The van der Waals surface area contributed by atoms with E-state index in [2.05, 4.69) is 25.8 Å². The molecule has 2 saturated heterocycles. The first-order chi connectivity index (χ1) is 8.72. The van der Waals surface area contributed by atoms with Crippen molar-refractivity contribution < 1.29 is 4.74 Å². The van der Waals surface area contributed by atoms with Crippen molar-refractivity contribution in [1.82, 2.24) is 9.88 Å². The number of hydrogen-bond donors (Lipinski definition) is 1. The smallest absolute Gasteiger partial charge is 0.0599 e.